The smallest absolute Gasteiger partial charge is 0.269 e. The largest absolute Gasteiger partial charge is 0.465 e. The van der Waals surface area contributed by atoms with Crippen LogP contribution in [0, 0.1) is 17.1 Å². The predicted molar refractivity (Wildman–Crippen MR) is 100 cm³/mol. The van der Waals surface area contributed by atoms with E-state index in [2.05, 4.69) is 6.58 Å². The first-order valence-corrected chi connectivity index (χ1v) is 8.68. The minimum absolute atomic E-state index is 0.104. The topological polar surface area (TPSA) is 76.0 Å². The molecule has 1 aromatic carbocycles. The number of allylic oxidation sites excluding steroid dienone is 1. The molecule has 0 aliphatic heterocycles. The van der Waals surface area contributed by atoms with Crippen LogP contribution in [-0.2, 0) is 6.54 Å². The Hall–Kier alpha value is -3.50. The molecule has 0 aliphatic carbocycles. The molecular formula is C20H13FN2O3S. The quantitative estimate of drug-likeness (QED) is 0.502. The summed E-state index contributed by atoms with van der Waals surface area (Å²) in [5.74, 6) is -1.05. The van der Waals surface area contributed by atoms with Crippen molar-refractivity contribution in [3.8, 4) is 6.07 Å². The van der Waals surface area contributed by atoms with Gasteiger partial charge < -0.3 is 4.42 Å². The molecule has 7 heteroatoms. The van der Waals surface area contributed by atoms with Crippen molar-refractivity contribution < 1.29 is 13.6 Å². The Morgan fingerprint density at radius 1 is 1.33 bits per heavy atom. The zero-order valence-corrected chi connectivity index (χ0v) is 14.8. The van der Waals surface area contributed by atoms with E-state index in [1.165, 1.54) is 41.2 Å². The van der Waals surface area contributed by atoms with Crippen LogP contribution in [0.3, 0.4) is 0 Å². The van der Waals surface area contributed by atoms with Crippen LogP contribution in [0.15, 0.2) is 64.5 Å². The first kappa shape index (κ1) is 18.3. The summed E-state index contributed by atoms with van der Waals surface area (Å²) < 4.78 is 20.9. The average Bonchev–Trinajstić information content (AvgIpc) is 3.27. The predicted octanol–water partition coefficient (Wildman–Crippen LogP) is 2.21. The van der Waals surface area contributed by atoms with Gasteiger partial charge >= 0.3 is 0 Å². The minimum Gasteiger partial charge on any atom is -0.465 e. The molecule has 3 aromatic rings. The number of furan rings is 1. The second kappa shape index (κ2) is 7.81. The summed E-state index contributed by atoms with van der Waals surface area (Å²) in [6.45, 7) is 3.71. The zero-order valence-electron chi connectivity index (χ0n) is 14.0. The van der Waals surface area contributed by atoms with Crippen LogP contribution >= 0.6 is 11.3 Å². The Morgan fingerprint density at radius 3 is 2.74 bits per heavy atom. The second-order valence-electron chi connectivity index (χ2n) is 5.43. The molecule has 0 radical (unpaired) electrons. The van der Waals surface area contributed by atoms with Gasteiger partial charge in [0.2, 0.25) is 5.78 Å². The number of nitrogens with zero attached hydrogens (tertiary/aromatic N) is 2. The Morgan fingerprint density at radius 2 is 2.11 bits per heavy atom. The SMILES string of the molecule is C=CCn1c(=C(C#N)C(=O)c2ccccc2F)sc(=Cc2ccco2)c1=O. The molecule has 2 heterocycles. The highest BCUT2D eigenvalue weighted by atomic mass is 32.1. The fraction of sp³-hybridized carbons (Fsp3) is 0.0500. The molecule has 0 atom stereocenters. The van der Waals surface area contributed by atoms with Crippen LogP contribution in [0.1, 0.15) is 16.1 Å². The summed E-state index contributed by atoms with van der Waals surface area (Å²) in [6.07, 6.45) is 4.48. The molecule has 0 saturated carbocycles. The van der Waals surface area contributed by atoms with Gasteiger partial charge in [-0.1, -0.05) is 18.2 Å². The van der Waals surface area contributed by atoms with Crippen molar-refractivity contribution in [2.45, 2.75) is 6.54 Å². The van der Waals surface area contributed by atoms with Gasteiger partial charge in [-0.2, -0.15) is 5.26 Å². The van der Waals surface area contributed by atoms with E-state index in [9.17, 15) is 19.2 Å². The standard InChI is InChI=1S/C20H13FN2O3S/c1-2-9-23-19(25)17(11-13-6-5-10-26-13)27-20(23)15(12-22)18(24)14-7-3-4-8-16(14)21/h2-8,10-11H,1,9H2. The van der Waals surface area contributed by atoms with Crippen LogP contribution in [0.25, 0.3) is 11.6 Å². The molecule has 0 spiro atoms. The summed E-state index contributed by atoms with van der Waals surface area (Å²) >= 11 is 0.970. The molecule has 0 fully saturated rings. The van der Waals surface area contributed by atoms with Gasteiger partial charge in [-0.05, 0) is 24.3 Å². The average molecular weight is 380 g/mol. The Kier molecular flexibility index (Phi) is 5.29. The summed E-state index contributed by atoms with van der Waals surface area (Å²) in [5, 5.41) is 9.56. The number of hydrogen-bond donors (Lipinski definition) is 0. The number of thiazole rings is 1. The normalized spacial score (nSPS) is 12.5. The summed E-state index contributed by atoms with van der Waals surface area (Å²) in [7, 11) is 0. The Labute approximate surface area is 157 Å². The maximum atomic E-state index is 14.0. The van der Waals surface area contributed by atoms with Crippen LogP contribution in [-0.4, -0.2) is 10.4 Å². The first-order valence-electron chi connectivity index (χ1n) is 7.86. The lowest BCUT2D eigenvalue weighted by atomic mass is 10.0. The second-order valence-corrected chi connectivity index (χ2v) is 6.46. The third kappa shape index (κ3) is 3.57. The molecule has 0 unspecified atom stereocenters. The number of carbonyl (C=O) groups is 1. The fourth-order valence-electron chi connectivity index (χ4n) is 2.48. The van der Waals surface area contributed by atoms with Gasteiger partial charge in [-0.25, -0.2) is 4.39 Å². The molecule has 0 saturated heterocycles. The number of ketones is 1. The number of hydrogen-bond acceptors (Lipinski definition) is 5. The van der Waals surface area contributed by atoms with Crippen LogP contribution in [0.4, 0.5) is 4.39 Å². The summed E-state index contributed by atoms with van der Waals surface area (Å²) in [4.78, 5) is 25.4. The molecule has 0 aliphatic rings. The molecule has 27 heavy (non-hydrogen) atoms. The van der Waals surface area contributed by atoms with Crippen LogP contribution in [0.5, 0.6) is 0 Å². The molecule has 0 amide bonds. The van der Waals surface area contributed by atoms with Gasteiger partial charge in [0.25, 0.3) is 5.56 Å². The maximum Gasteiger partial charge on any atom is 0.269 e. The highest BCUT2D eigenvalue weighted by molar-refractivity contribution is 7.07. The maximum absolute atomic E-state index is 14.0. The van der Waals surface area contributed by atoms with E-state index in [1.807, 2.05) is 6.07 Å². The van der Waals surface area contributed by atoms with Gasteiger partial charge in [-0.15, -0.1) is 17.9 Å². The van der Waals surface area contributed by atoms with E-state index in [1.54, 1.807) is 12.1 Å². The molecule has 5 nitrogen and oxygen atoms in total. The number of benzene rings is 1. The minimum atomic E-state index is -0.779. The zero-order chi connectivity index (χ0) is 19.4. The number of halogens is 1. The Balaban J connectivity index is 2.32. The molecular weight excluding hydrogens is 367 g/mol. The highest BCUT2D eigenvalue weighted by Crippen LogP contribution is 2.12. The third-order valence-corrected chi connectivity index (χ3v) is 4.84. The van der Waals surface area contributed by atoms with Crippen molar-refractivity contribution in [3.63, 3.8) is 0 Å². The first-order chi connectivity index (χ1) is 13.1. The number of Topliss-reactive ketones (excluding diaryl/α,β-unsaturated/α-hetero) is 1. The number of aromatic nitrogens is 1. The summed E-state index contributed by atoms with van der Waals surface area (Å²) in [6, 6.07) is 10.6. The monoisotopic (exact) mass is 380 g/mol. The number of rotatable bonds is 5. The van der Waals surface area contributed by atoms with Crippen molar-refractivity contribution in [3.05, 3.63) is 92.0 Å². The molecule has 134 valence electrons. The molecule has 0 bridgehead atoms. The van der Waals surface area contributed by atoms with E-state index in [0.717, 1.165) is 17.4 Å². The van der Waals surface area contributed by atoms with E-state index in [0.29, 0.717) is 5.76 Å². The number of nitriles is 1. The van der Waals surface area contributed by atoms with Crippen molar-refractivity contribution >= 4 is 28.8 Å². The fourth-order valence-corrected chi connectivity index (χ4v) is 3.57. The molecule has 3 rings (SSSR count). The highest BCUT2D eigenvalue weighted by Gasteiger charge is 2.20. The van der Waals surface area contributed by atoms with E-state index >= 15 is 0 Å². The van der Waals surface area contributed by atoms with Crippen LogP contribution < -0.4 is 14.8 Å². The lowest BCUT2D eigenvalue weighted by Gasteiger charge is -2.02. The van der Waals surface area contributed by atoms with Gasteiger partial charge in [0, 0.05) is 12.6 Å². The van der Waals surface area contributed by atoms with Gasteiger partial charge in [0.05, 0.1) is 16.4 Å². The van der Waals surface area contributed by atoms with E-state index in [-0.39, 0.29) is 32.4 Å². The lowest BCUT2D eigenvalue weighted by Crippen LogP contribution is -2.32. The van der Waals surface area contributed by atoms with Crippen molar-refractivity contribution in [2.24, 2.45) is 0 Å². The van der Waals surface area contributed by atoms with Gasteiger partial charge in [-0.3, -0.25) is 14.2 Å². The van der Waals surface area contributed by atoms with Crippen molar-refractivity contribution in [1.82, 2.24) is 4.57 Å². The van der Waals surface area contributed by atoms with Crippen molar-refractivity contribution in [2.75, 3.05) is 0 Å². The van der Waals surface area contributed by atoms with E-state index < -0.39 is 11.6 Å². The van der Waals surface area contributed by atoms with E-state index in [4.69, 9.17) is 4.42 Å². The Bertz CT molecular complexity index is 1230. The van der Waals surface area contributed by atoms with Gasteiger partial charge in [0.1, 0.15) is 27.9 Å². The lowest BCUT2D eigenvalue weighted by molar-refractivity contribution is 0.105. The van der Waals surface area contributed by atoms with Crippen LogP contribution in [0.2, 0.25) is 0 Å². The number of carbonyl (C=O) groups excluding carboxylic acids is 1. The van der Waals surface area contributed by atoms with Crippen molar-refractivity contribution in [1.29, 1.82) is 5.26 Å². The molecule has 2 aromatic heterocycles. The third-order valence-electron chi connectivity index (χ3n) is 3.71. The van der Waals surface area contributed by atoms with Gasteiger partial charge in [0.15, 0.2) is 0 Å². The summed E-state index contributed by atoms with van der Waals surface area (Å²) in [5.41, 5.74) is -0.917. The molecule has 0 N–H and O–H groups in total.